The first kappa shape index (κ1) is 13.4. The molecule has 0 amide bonds. The Kier molecular flexibility index (Phi) is 2.80. The van der Waals surface area contributed by atoms with Gasteiger partial charge in [0.1, 0.15) is 16.8 Å². The first-order valence-corrected chi connectivity index (χ1v) is 7.87. The van der Waals surface area contributed by atoms with Crippen molar-refractivity contribution in [1.29, 1.82) is 5.41 Å². The molecule has 112 valence electrons. The zero-order valence-electron chi connectivity index (χ0n) is 12.3. The van der Waals surface area contributed by atoms with Crippen LogP contribution in [0, 0.1) is 12.3 Å². The molecule has 3 aromatic heterocycles. The number of rotatable bonds is 3. The predicted octanol–water partition coefficient (Wildman–Crippen LogP) is 3.11. The van der Waals surface area contributed by atoms with E-state index in [9.17, 15) is 0 Å². The summed E-state index contributed by atoms with van der Waals surface area (Å²) in [4.78, 5) is 9.94. The van der Waals surface area contributed by atoms with Gasteiger partial charge in [-0.05, 0) is 19.9 Å². The van der Waals surface area contributed by atoms with Crippen molar-refractivity contribution in [2.24, 2.45) is 0 Å². The number of aromatic nitrogens is 4. The van der Waals surface area contributed by atoms with Crippen LogP contribution < -0.4 is 4.74 Å². The fourth-order valence-corrected chi connectivity index (χ4v) is 3.46. The molecule has 0 radical (unpaired) electrons. The van der Waals surface area contributed by atoms with E-state index in [1.54, 1.807) is 22.0 Å². The lowest BCUT2D eigenvalue weighted by molar-refractivity contribution is 0.0738. The lowest BCUT2D eigenvalue weighted by atomic mass is 9.80. The SMILES string of the molecule is Cc1ncc(-c2cn3nccc3c(OC3(C)CC(=N)C3)n2)s1. The molecular weight excluding hydrogens is 298 g/mol. The van der Waals surface area contributed by atoms with E-state index in [1.807, 2.05) is 32.3 Å². The smallest absolute Gasteiger partial charge is 0.241 e. The van der Waals surface area contributed by atoms with Crippen LogP contribution in [-0.2, 0) is 0 Å². The van der Waals surface area contributed by atoms with Crippen LogP contribution in [0.3, 0.4) is 0 Å². The van der Waals surface area contributed by atoms with E-state index in [0.29, 0.717) is 18.7 Å². The summed E-state index contributed by atoms with van der Waals surface area (Å²) < 4.78 is 7.90. The molecule has 1 aliphatic carbocycles. The fourth-order valence-electron chi connectivity index (χ4n) is 2.73. The summed E-state index contributed by atoms with van der Waals surface area (Å²) in [6, 6.07) is 1.89. The van der Waals surface area contributed by atoms with Gasteiger partial charge in [-0.25, -0.2) is 14.5 Å². The van der Waals surface area contributed by atoms with Crippen LogP contribution in [0.15, 0.2) is 24.7 Å². The van der Waals surface area contributed by atoms with E-state index < -0.39 is 0 Å². The molecule has 1 N–H and O–H groups in total. The van der Waals surface area contributed by atoms with E-state index in [2.05, 4.69) is 15.1 Å². The van der Waals surface area contributed by atoms with Gasteiger partial charge in [-0.1, -0.05) is 0 Å². The predicted molar refractivity (Wildman–Crippen MR) is 84.8 cm³/mol. The van der Waals surface area contributed by atoms with Crippen molar-refractivity contribution < 1.29 is 4.74 Å². The molecule has 0 spiro atoms. The summed E-state index contributed by atoms with van der Waals surface area (Å²) in [5.41, 5.74) is 2.03. The summed E-state index contributed by atoms with van der Waals surface area (Å²) in [7, 11) is 0. The molecule has 1 fully saturated rings. The van der Waals surface area contributed by atoms with Gasteiger partial charge in [0.15, 0.2) is 0 Å². The summed E-state index contributed by atoms with van der Waals surface area (Å²) in [5.74, 6) is 0.566. The largest absolute Gasteiger partial charge is 0.469 e. The number of thiazole rings is 1. The molecule has 0 aliphatic heterocycles. The maximum atomic E-state index is 7.64. The monoisotopic (exact) mass is 313 g/mol. The minimum Gasteiger partial charge on any atom is -0.469 e. The van der Waals surface area contributed by atoms with Crippen molar-refractivity contribution in [3.8, 4) is 16.5 Å². The first-order chi connectivity index (χ1) is 10.5. The maximum Gasteiger partial charge on any atom is 0.241 e. The average molecular weight is 313 g/mol. The molecule has 3 heterocycles. The van der Waals surface area contributed by atoms with Crippen LogP contribution in [0.25, 0.3) is 16.1 Å². The Hall–Kier alpha value is -2.28. The third-order valence-electron chi connectivity index (χ3n) is 3.75. The molecule has 6 nitrogen and oxygen atoms in total. The van der Waals surface area contributed by atoms with E-state index in [-0.39, 0.29) is 5.60 Å². The van der Waals surface area contributed by atoms with Crippen LogP contribution in [0.5, 0.6) is 5.88 Å². The van der Waals surface area contributed by atoms with E-state index in [0.717, 1.165) is 26.8 Å². The number of fused-ring (bicyclic) bond motifs is 1. The van der Waals surface area contributed by atoms with Crippen LogP contribution in [-0.4, -0.2) is 30.9 Å². The first-order valence-electron chi connectivity index (χ1n) is 7.05. The Balaban J connectivity index is 1.79. The zero-order chi connectivity index (χ0) is 15.3. The van der Waals surface area contributed by atoms with Gasteiger partial charge in [-0.3, -0.25) is 0 Å². The lowest BCUT2D eigenvalue weighted by Gasteiger charge is -2.38. The highest BCUT2D eigenvalue weighted by Crippen LogP contribution is 2.36. The molecule has 0 bridgehead atoms. The summed E-state index contributed by atoms with van der Waals surface area (Å²) in [5, 5.41) is 12.9. The highest BCUT2D eigenvalue weighted by Gasteiger charge is 2.39. The van der Waals surface area contributed by atoms with Crippen LogP contribution in [0.2, 0.25) is 0 Å². The highest BCUT2D eigenvalue weighted by molar-refractivity contribution is 7.15. The summed E-state index contributed by atoms with van der Waals surface area (Å²) in [6.45, 7) is 3.99. The third kappa shape index (κ3) is 2.18. The molecule has 0 unspecified atom stereocenters. The molecular formula is C15H15N5OS. The number of aryl methyl sites for hydroxylation is 1. The van der Waals surface area contributed by atoms with Gasteiger partial charge in [0.2, 0.25) is 5.88 Å². The second kappa shape index (κ2) is 4.61. The van der Waals surface area contributed by atoms with Crippen molar-refractivity contribution in [2.45, 2.75) is 32.3 Å². The molecule has 0 saturated heterocycles. The Morgan fingerprint density at radius 1 is 1.41 bits per heavy atom. The molecule has 22 heavy (non-hydrogen) atoms. The fraction of sp³-hybridized carbons (Fsp3) is 0.333. The average Bonchev–Trinajstić information content (AvgIpc) is 3.05. The Morgan fingerprint density at radius 2 is 2.23 bits per heavy atom. The van der Waals surface area contributed by atoms with Crippen molar-refractivity contribution >= 4 is 22.6 Å². The van der Waals surface area contributed by atoms with Gasteiger partial charge in [0.25, 0.3) is 0 Å². The topological polar surface area (TPSA) is 76.2 Å². The standard InChI is InChI=1S/C15H15N5OS/c1-9-17-7-13(22-9)11-8-20-12(3-4-18-20)14(19-11)21-15(2)5-10(16)6-15/h3-4,7-8,16H,5-6H2,1-2H3. The normalized spacial score (nSPS) is 21.1. The van der Waals surface area contributed by atoms with Gasteiger partial charge < -0.3 is 10.1 Å². The van der Waals surface area contributed by atoms with Crippen LogP contribution >= 0.6 is 11.3 Å². The van der Waals surface area contributed by atoms with Crippen molar-refractivity contribution in [2.75, 3.05) is 0 Å². The minimum absolute atomic E-state index is 0.336. The summed E-state index contributed by atoms with van der Waals surface area (Å²) >= 11 is 1.59. The van der Waals surface area contributed by atoms with Crippen LogP contribution in [0.4, 0.5) is 0 Å². The Labute approximate surface area is 131 Å². The van der Waals surface area contributed by atoms with E-state index in [4.69, 9.17) is 10.1 Å². The second-order valence-corrected chi connectivity index (χ2v) is 7.08. The quantitative estimate of drug-likeness (QED) is 0.806. The van der Waals surface area contributed by atoms with Gasteiger partial charge in [-0.2, -0.15) is 5.10 Å². The maximum absolute atomic E-state index is 7.64. The van der Waals surface area contributed by atoms with Gasteiger partial charge in [0.05, 0.1) is 22.3 Å². The molecule has 3 aromatic rings. The van der Waals surface area contributed by atoms with Crippen molar-refractivity contribution in [1.82, 2.24) is 19.6 Å². The molecule has 1 saturated carbocycles. The second-order valence-electron chi connectivity index (χ2n) is 5.84. The molecule has 4 rings (SSSR count). The van der Waals surface area contributed by atoms with Gasteiger partial charge in [-0.15, -0.1) is 11.3 Å². The van der Waals surface area contributed by atoms with E-state index >= 15 is 0 Å². The number of nitrogens with zero attached hydrogens (tertiary/aromatic N) is 4. The Morgan fingerprint density at radius 3 is 2.91 bits per heavy atom. The molecule has 7 heteroatoms. The molecule has 0 atom stereocenters. The lowest BCUT2D eigenvalue weighted by Crippen LogP contribution is -2.46. The third-order valence-corrected chi connectivity index (χ3v) is 4.68. The van der Waals surface area contributed by atoms with Crippen molar-refractivity contribution in [3.63, 3.8) is 0 Å². The highest BCUT2D eigenvalue weighted by atomic mass is 32.1. The summed E-state index contributed by atoms with van der Waals surface area (Å²) in [6.07, 6.45) is 6.75. The van der Waals surface area contributed by atoms with Crippen molar-refractivity contribution in [3.05, 3.63) is 29.7 Å². The van der Waals surface area contributed by atoms with Gasteiger partial charge in [0, 0.05) is 24.8 Å². The van der Waals surface area contributed by atoms with E-state index in [1.165, 1.54) is 0 Å². The number of ether oxygens (including phenoxy) is 1. The number of nitrogens with one attached hydrogen (secondary N) is 1. The van der Waals surface area contributed by atoms with Crippen LogP contribution in [0.1, 0.15) is 24.8 Å². The minimum atomic E-state index is -0.336. The molecule has 1 aliphatic rings. The Bertz CT molecular complexity index is 873. The van der Waals surface area contributed by atoms with Gasteiger partial charge >= 0.3 is 0 Å². The number of hydrogen-bond donors (Lipinski definition) is 1. The number of hydrogen-bond acceptors (Lipinski definition) is 6. The zero-order valence-corrected chi connectivity index (χ0v) is 13.1. The molecule has 0 aromatic carbocycles.